The van der Waals surface area contributed by atoms with E-state index in [2.05, 4.69) is 5.32 Å². The second-order valence-corrected chi connectivity index (χ2v) is 8.80. The molecule has 1 amide bonds. The number of nitro benzene ring substituents is 1. The average Bonchev–Trinajstić information content (AvgIpc) is 2.78. The standard InChI is InChI=1S/C22H20FN3O5S/c1-16(17-10-12-18(23)13-11-17)24-22(27)15-25(19-6-5-7-20(14-19)26(28)29)32(30,31)21-8-3-2-4-9-21/h2-14,16H,15H2,1H3,(H,24,27). The maximum atomic E-state index is 13.3. The molecule has 0 saturated carbocycles. The van der Waals surface area contributed by atoms with Crippen LogP contribution in [0.4, 0.5) is 15.8 Å². The summed E-state index contributed by atoms with van der Waals surface area (Å²) in [5.74, 6) is -1.05. The summed E-state index contributed by atoms with van der Waals surface area (Å²) in [6.07, 6.45) is 0. The lowest BCUT2D eigenvalue weighted by Crippen LogP contribution is -2.41. The van der Waals surface area contributed by atoms with E-state index in [1.54, 1.807) is 13.0 Å². The van der Waals surface area contributed by atoms with E-state index in [0.717, 1.165) is 10.4 Å². The first kappa shape index (κ1) is 22.9. The zero-order valence-corrected chi connectivity index (χ0v) is 17.8. The number of nitrogens with zero attached hydrogens (tertiary/aromatic N) is 2. The summed E-state index contributed by atoms with van der Waals surface area (Å²) in [6, 6.07) is 17.5. The van der Waals surface area contributed by atoms with Gasteiger partial charge in [-0.2, -0.15) is 0 Å². The van der Waals surface area contributed by atoms with E-state index in [1.807, 2.05) is 0 Å². The van der Waals surface area contributed by atoms with Crippen molar-refractivity contribution >= 4 is 27.3 Å². The average molecular weight is 457 g/mol. The molecule has 0 fully saturated rings. The monoisotopic (exact) mass is 457 g/mol. The largest absolute Gasteiger partial charge is 0.348 e. The molecule has 0 radical (unpaired) electrons. The molecule has 0 heterocycles. The predicted octanol–water partition coefficient (Wildman–Crippen LogP) is 3.81. The summed E-state index contributed by atoms with van der Waals surface area (Å²) in [4.78, 5) is 23.2. The van der Waals surface area contributed by atoms with Crippen LogP contribution < -0.4 is 9.62 Å². The first-order chi connectivity index (χ1) is 15.2. The number of nitrogens with one attached hydrogen (secondary N) is 1. The molecule has 1 unspecified atom stereocenters. The fourth-order valence-electron chi connectivity index (χ4n) is 3.05. The molecule has 0 aliphatic rings. The first-order valence-electron chi connectivity index (χ1n) is 9.55. The van der Waals surface area contributed by atoms with Crippen LogP contribution in [0.5, 0.6) is 0 Å². The van der Waals surface area contributed by atoms with Gasteiger partial charge in [0.25, 0.3) is 15.7 Å². The van der Waals surface area contributed by atoms with E-state index in [4.69, 9.17) is 0 Å². The molecule has 3 aromatic carbocycles. The van der Waals surface area contributed by atoms with E-state index in [9.17, 15) is 27.7 Å². The van der Waals surface area contributed by atoms with Gasteiger partial charge in [0, 0.05) is 12.1 Å². The minimum absolute atomic E-state index is 0.0207. The van der Waals surface area contributed by atoms with Gasteiger partial charge < -0.3 is 5.32 Å². The van der Waals surface area contributed by atoms with Crippen molar-refractivity contribution < 1.29 is 22.5 Å². The molecule has 10 heteroatoms. The van der Waals surface area contributed by atoms with E-state index < -0.39 is 39.3 Å². The zero-order chi connectivity index (χ0) is 23.3. The summed E-state index contributed by atoms with van der Waals surface area (Å²) < 4.78 is 40.5. The fraction of sp³-hybridized carbons (Fsp3) is 0.136. The summed E-state index contributed by atoms with van der Waals surface area (Å²) in [5.41, 5.74) is 0.302. The Morgan fingerprint density at radius 3 is 2.34 bits per heavy atom. The number of carbonyl (C=O) groups excluding carboxylic acids is 1. The lowest BCUT2D eigenvalue weighted by atomic mass is 10.1. The number of nitro groups is 1. The molecule has 1 N–H and O–H groups in total. The number of hydrogen-bond donors (Lipinski definition) is 1. The van der Waals surface area contributed by atoms with Gasteiger partial charge in [-0.15, -0.1) is 0 Å². The van der Waals surface area contributed by atoms with Crippen molar-refractivity contribution in [2.45, 2.75) is 17.9 Å². The number of sulfonamides is 1. The Balaban J connectivity index is 1.92. The molecule has 0 aliphatic heterocycles. The molecule has 166 valence electrons. The van der Waals surface area contributed by atoms with Crippen LogP contribution in [-0.2, 0) is 14.8 Å². The molecular weight excluding hydrogens is 437 g/mol. The molecule has 32 heavy (non-hydrogen) atoms. The minimum atomic E-state index is -4.20. The van der Waals surface area contributed by atoms with Gasteiger partial charge in [-0.1, -0.05) is 36.4 Å². The highest BCUT2D eigenvalue weighted by atomic mass is 32.2. The van der Waals surface area contributed by atoms with Crippen molar-refractivity contribution in [2.75, 3.05) is 10.8 Å². The Labute approximate surface area is 184 Å². The third-order valence-electron chi connectivity index (χ3n) is 4.69. The Hall–Kier alpha value is -3.79. The van der Waals surface area contributed by atoms with Crippen molar-refractivity contribution in [3.63, 3.8) is 0 Å². The number of carbonyl (C=O) groups is 1. The Bertz CT molecular complexity index is 1220. The van der Waals surface area contributed by atoms with Gasteiger partial charge in [0.1, 0.15) is 12.4 Å². The Morgan fingerprint density at radius 2 is 1.72 bits per heavy atom. The highest BCUT2D eigenvalue weighted by Gasteiger charge is 2.28. The van der Waals surface area contributed by atoms with Gasteiger partial charge in [-0.3, -0.25) is 19.2 Å². The van der Waals surface area contributed by atoms with E-state index in [-0.39, 0.29) is 16.3 Å². The van der Waals surface area contributed by atoms with Gasteiger partial charge in [0.2, 0.25) is 5.91 Å². The van der Waals surface area contributed by atoms with Crippen molar-refractivity contribution in [1.29, 1.82) is 0 Å². The predicted molar refractivity (Wildman–Crippen MR) is 117 cm³/mol. The number of halogens is 1. The van der Waals surface area contributed by atoms with Crippen molar-refractivity contribution in [2.24, 2.45) is 0 Å². The summed E-state index contributed by atoms with van der Waals surface area (Å²) >= 11 is 0. The third kappa shape index (κ3) is 5.27. The molecular formula is C22H20FN3O5S. The summed E-state index contributed by atoms with van der Waals surface area (Å²) in [7, 11) is -4.20. The van der Waals surface area contributed by atoms with Gasteiger partial charge in [-0.25, -0.2) is 12.8 Å². The number of rotatable bonds is 8. The lowest BCUT2D eigenvalue weighted by Gasteiger charge is -2.25. The van der Waals surface area contributed by atoms with Gasteiger partial charge in [0.05, 0.1) is 21.5 Å². The topological polar surface area (TPSA) is 110 Å². The summed E-state index contributed by atoms with van der Waals surface area (Å²) in [6.45, 7) is 1.07. The van der Waals surface area contributed by atoms with Crippen LogP contribution in [0.2, 0.25) is 0 Å². The van der Waals surface area contributed by atoms with Crippen LogP contribution in [0.25, 0.3) is 0 Å². The van der Waals surface area contributed by atoms with Gasteiger partial charge in [0.15, 0.2) is 0 Å². The van der Waals surface area contributed by atoms with Gasteiger partial charge >= 0.3 is 0 Å². The fourth-order valence-corrected chi connectivity index (χ4v) is 4.48. The smallest absolute Gasteiger partial charge is 0.271 e. The van der Waals surface area contributed by atoms with E-state index in [0.29, 0.717) is 5.56 Å². The molecule has 0 aliphatic carbocycles. The minimum Gasteiger partial charge on any atom is -0.348 e. The second-order valence-electron chi connectivity index (χ2n) is 6.94. The van der Waals surface area contributed by atoms with Crippen LogP contribution in [0.1, 0.15) is 18.5 Å². The van der Waals surface area contributed by atoms with Crippen LogP contribution in [-0.4, -0.2) is 25.8 Å². The molecule has 3 aromatic rings. The zero-order valence-electron chi connectivity index (χ0n) is 17.0. The number of anilines is 1. The SMILES string of the molecule is CC(NC(=O)CN(c1cccc([N+](=O)[O-])c1)S(=O)(=O)c1ccccc1)c1ccc(F)cc1. The molecule has 3 rings (SSSR count). The quantitative estimate of drug-likeness (QED) is 0.409. The van der Waals surface area contributed by atoms with Gasteiger partial charge in [-0.05, 0) is 42.8 Å². The van der Waals surface area contributed by atoms with Crippen LogP contribution in [0.3, 0.4) is 0 Å². The normalized spacial score (nSPS) is 12.1. The number of non-ortho nitro benzene ring substituents is 1. The molecule has 8 nitrogen and oxygen atoms in total. The Morgan fingerprint density at radius 1 is 1.06 bits per heavy atom. The molecule has 0 saturated heterocycles. The Kier molecular flexibility index (Phi) is 6.84. The van der Waals surface area contributed by atoms with Crippen molar-refractivity contribution in [3.05, 3.63) is 100 Å². The molecule has 0 aromatic heterocycles. The molecule has 0 bridgehead atoms. The van der Waals surface area contributed by atoms with Crippen molar-refractivity contribution in [3.8, 4) is 0 Å². The van der Waals surface area contributed by atoms with Crippen LogP contribution >= 0.6 is 0 Å². The van der Waals surface area contributed by atoms with Crippen molar-refractivity contribution in [1.82, 2.24) is 5.32 Å². The van der Waals surface area contributed by atoms with E-state index in [1.165, 1.54) is 66.7 Å². The molecule has 0 spiro atoms. The maximum Gasteiger partial charge on any atom is 0.271 e. The lowest BCUT2D eigenvalue weighted by molar-refractivity contribution is -0.384. The number of hydrogen-bond acceptors (Lipinski definition) is 5. The maximum absolute atomic E-state index is 13.3. The highest BCUT2D eigenvalue weighted by Crippen LogP contribution is 2.27. The number of benzene rings is 3. The summed E-state index contributed by atoms with van der Waals surface area (Å²) in [5, 5.41) is 13.9. The van der Waals surface area contributed by atoms with Crippen LogP contribution in [0.15, 0.2) is 83.8 Å². The molecule has 1 atom stereocenters. The third-order valence-corrected chi connectivity index (χ3v) is 6.48. The number of amides is 1. The first-order valence-corrected chi connectivity index (χ1v) is 11.0. The van der Waals surface area contributed by atoms with E-state index >= 15 is 0 Å². The van der Waals surface area contributed by atoms with Crippen LogP contribution in [0, 0.1) is 15.9 Å². The second kappa shape index (κ2) is 9.56. The highest BCUT2D eigenvalue weighted by molar-refractivity contribution is 7.92.